The second-order valence-corrected chi connectivity index (χ2v) is 4.43. The average Bonchev–Trinajstić information content (AvgIpc) is 2.97. The number of alkyl halides is 2. The van der Waals surface area contributed by atoms with Crippen molar-refractivity contribution in [2.45, 2.75) is 26.7 Å². The Morgan fingerprint density at radius 2 is 1.95 bits per heavy atom. The predicted octanol–water partition coefficient (Wildman–Crippen LogP) is 5.72. The van der Waals surface area contributed by atoms with Crippen LogP contribution in [0.5, 0.6) is 0 Å². The third-order valence-electron chi connectivity index (χ3n) is 2.93. The van der Waals surface area contributed by atoms with Crippen LogP contribution >= 0.6 is 0 Å². The number of benzene rings is 1. The summed E-state index contributed by atoms with van der Waals surface area (Å²) < 4.78 is 40.5. The maximum atomic E-state index is 14.1. The van der Waals surface area contributed by atoms with E-state index in [0.717, 1.165) is 19.2 Å². The van der Waals surface area contributed by atoms with Crippen molar-refractivity contribution in [1.82, 2.24) is 4.98 Å². The topological polar surface area (TPSA) is 39.6 Å². The number of nitrogens with zero attached hydrogens (tertiary/aromatic N) is 1. The number of hydrogen-bond acceptors (Lipinski definition) is 1. The summed E-state index contributed by atoms with van der Waals surface area (Å²) in [5, 5.41) is 8.80. The molecule has 0 aliphatic carbocycles. The Kier molecular flexibility index (Phi) is 5.58. The number of H-pyrrole nitrogens is 1. The van der Waals surface area contributed by atoms with Crippen LogP contribution in [0.2, 0.25) is 0 Å². The highest BCUT2D eigenvalue weighted by molar-refractivity contribution is 5.74. The second-order valence-electron chi connectivity index (χ2n) is 4.43. The molecule has 1 aromatic carbocycles. The molecule has 0 amide bonds. The van der Waals surface area contributed by atoms with E-state index in [0.29, 0.717) is 5.56 Å². The van der Waals surface area contributed by atoms with Gasteiger partial charge in [-0.25, -0.2) is 13.2 Å². The number of aromatic nitrogens is 1. The first-order valence-corrected chi connectivity index (χ1v) is 6.80. The molecule has 118 valence electrons. The lowest BCUT2D eigenvalue weighted by Crippen LogP contribution is -2.04. The number of nitrogens with one attached hydrogen (secondary N) is 1. The van der Waals surface area contributed by atoms with Crippen LogP contribution in [0.3, 0.4) is 0 Å². The molecule has 5 heteroatoms. The van der Waals surface area contributed by atoms with Crippen molar-refractivity contribution in [3.05, 3.63) is 53.5 Å². The molecule has 0 saturated carbocycles. The van der Waals surface area contributed by atoms with Gasteiger partial charge in [0.2, 0.25) is 0 Å². The number of rotatable bonds is 3. The molecule has 0 unspecified atom stereocenters. The van der Waals surface area contributed by atoms with Crippen molar-refractivity contribution >= 4 is 6.08 Å². The standard InChI is InChI=1S/C15H11F3N2.C2H6.H2/c1-3-10-4-9(7-19)5-12(16)14(10)13-6-11(8-20-13)15(2,17)18;1-2;/h3-6,8,20H,1H2,2H3;1-2H3;1H. The summed E-state index contributed by atoms with van der Waals surface area (Å²) in [7, 11) is 0. The Balaban J connectivity index is 0.00000155. The van der Waals surface area contributed by atoms with Crippen molar-refractivity contribution in [3.8, 4) is 17.3 Å². The van der Waals surface area contributed by atoms with Crippen LogP contribution in [0.1, 0.15) is 38.9 Å². The normalized spacial score (nSPS) is 10.4. The molecule has 0 aliphatic rings. The molecule has 2 rings (SSSR count). The Bertz CT molecular complexity index is 710. The van der Waals surface area contributed by atoms with Crippen LogP contribution in [-0.2, 0) is 5.92 Å². The molecule has 0 fully saturated rings. The van der Waals surface area contributed by atoms with Gasteiger partial charge in [0.15, 0.2) is 0 Å². The molecule has 1 aromatic heterocycles. The first-order valence-electron chi connectivity index (χ1n) is 6.80. The highest BCUT2D eigenvalue weighted by Crippen LogP contribution is 2.33. The Morgan fingerprint density at radius 3 is 2.41 bits per heavy atom. The Morgan fingerprint density at radius 1 is 1.32 bits per heavy atom. The zero-order chi connectivity index (χ0) is 16.9. The molecular formula is C17H19F3N2. The SMILES string of the molecule is C=Cc1cc(C#N)cc(F)c1-c1cc(C(C)(F)F)c[nH]1.CC.[HH]. The summed E-state index contributed by atoms with van der Waals surface area (Å²) in [6.45, 7) is 8.32. The van der Waals surface area contributed by atoms with E-state index in [-0.39, 0.29) is 23.8 Å². The van der Waals surface area contributed by atoms with Crippen molar-refractivity contribution in [2.24, 2.45) is 0 Å². The molecule has 2 nitrogen and oxygen atoms in total. The van der Waals surface area contributed by atoms with Crippen LogP contribution in [0.25, 0.3) is 17.3 Å². The Hall–Kier alpha value is -2.48. The van der Waals surface area contributed by atoms with Crippen LogP contribution in [0.15, 0.2) is 31.0 Å². The summed E-state index contributed by atoms with van der Waals surface area (Å²) in [5.74, 6) is -3.67. The van der Waals surface area contributed by atoms with E-state index in [4.69, 9.17) is 5.26 Å². The largest absolute Gasteiger partial charge is 0.361 e. The van der Waals surface area contributed by atoms with Gasteiger partial charge in [-0.3, -0.25) is 0 Å². The molecule has 0 saturated heterocycles. The van der Waals surface area contributed by atoms with Crippen LogP contribution < -0.4 is 0 Å². The van der Waals surface area contributed by atoms with Gasteiger partial charge in [0.1, 0.15) is 5.82 Å². The van der Waals surface area contributed by atoms with E-state index < -0.39 is 11.7 Å². The molecule has 0 aliphatic heterocycles. The molecule has 22 heavy (non-hydrogen) atoms. The first-order chi connectivity index (χ1) is 10.4. The van der Waals surface area contributed by atoms with Crippen molar-refractivity contribution in [1.29, 1.82) is 5.26 Å². The van der Waals surface area contributed by atoms with Gasteiger partial charge in [-0.15, -0.1) is 0 Å². The van der Waals surface area contributed by atoms with Crippen LogP contribution in [0, 0.1) is 17.1 Å². The molecule has 0 radical (unpaired) electrons. The van der Waals surface area contributed by atoms with E-state index >= 15 is 0 Å². The lowest BCUT2D eigenvalue weighted by atomic mass is 10.0. The van der Waals surface area contributed by atoms with Gasteiger partial charge in [-0.1, -0.05) is 26.5 Å². The van der Waals surface area contributed by atoms with Crippen LogP contribution in [0.4, 0.5) is 13.2 Å². The third kappa shape index (κ3) is 3.59. The second kappa shape index (κ2) is 6.99. The quantitative estimate of drug-likeness (QED) is 0.774. The predicted molar refractivity (Wildman–Crippen MR) is 84.0 cm³/mol. The minimum Gasteiger partial charge on any atom is -0.361 e. The monoisotopic (exact) mass is 308 g/mol. The summed E-state index contributed by atoms with van der Waals surface area (Å²) >= 11 is 0. The molecule has 0 spiro atoms. The van der Waals surface area contributed by atoms with Crippen molar-refractivity contribution in [2.75, 3.05) is 0 Å². The van der Waals surface area contributed by atoms with Gasteiger partial charge >= 0.3 is 0 Å². The molecule has 0 atom stereocenters. The summed E-state index contributed by atoms with van der Waals surface area (Å²) in [6, 6.07) is 5.54. The fourth-order valence-corrected chi connectivity index (χ4v) is 1.93. The van der Waals surface area contributed by atoms with Gasteiger partial charge in [0.25, 0.3) is 5.92 Å². The van der Waals surface area contributed by atoms with Gasteiger partial charge in [-0.2, -0.15) is 5.26 Å². The van der Waals surface area contributed by atoms with Crippen molar-refractivity contribution in [3.63, 3.8) is 0 Å². The molecule has 1 N–H and O–H groups in total. The average molecular weight is 308 g/mol. The number of aromatic amines is 1. The summed E-state index contributed by atoms with van der Waals surface area (Å²) in [4.78, 5) is 2.63. The van der Waals surface area contributed by atoms with Gasteiger partial charge in [0, 0.05) is 31.4 Å². The molecular weight excluding hydrogens is 289 g/mol. The molecule has 0 bridgehead atoms. The highest BCUT2D eigenvalue weighted by atomic mass is 19.3. The fourth-order valence-electron chi connectivity index (χ4n) is 1.93. The maximum absolute atomic E-state index is 14.1. The maximum Gasteiger partial charge on any atom is 0.271 e. The smallest absolute Gasteiger partial charge is 0.271 e. The minimum atomic E-state index is -3.01. The highest BCUT2D eigenvalue weighted by Gasteiger charge is 2.26. The zero-order valence-corrected chi connectivity index (χ0v) is 12.7. The fraction of sp³-hybridized carbons (Fsp3) is 0.235. The van der Waals surface area contributed by atoms with Gasteiger partial charge < -0.3 is 4.98 Å². The van der Waals surface area contributed by atoms with Crippen molar-refractivity contribution < 1.29 is 14.6 Å². The Labute approximate surface area is 129 Å². The number of halogens is 3. The molecule has 2 aromatic rings. The van der Waals surface area contributed by atoms with Gasteiger partial charge in [-0.05, 0) is 23.8 Å². The van der Waals surface area contributed by atoms with Crippen LogP contribution in [-0.4, -0.2) is 4.98 Å². The third-order valence-corrected chi connectivity index (χ3v) is 2.93. The van der Waals surface area contributed by atoms with E-state index in [1.807, 2.05) is 19.9 Å². The first kappa shape index (κ1) is 17.6. The number of nitriles is 1. The lowest BCUT2D eigenvalue weighted by molar-refractivity contribution is 0.0176. The van der Waals surface area contributed by atoms with Gasteiger partial charge in [0.05, 0.1) is 11.6 Å². The van der Waals surface area contributed by atoms with E-state index in [1.54, 1.807) is 0 Å². The summed E-state index contributed by atoms with van der Waals surface area (Å²) in [5.41, 5.74) is 0.627. The van der Waals surface area contributed by atoms with E-state index in [9.17, 15) is 13.2 Å². The summed E-state index contributed by atoms with van der Waals surface area (Å²) in [6.07, 6.45) is 2.52. The zero-order valence-electron chi connectivity index (χ0n) is 12.7. The lowest BCUT2D eigenvalue weighted by Gasteiger charge is -2.08. The van der Waals surface area contributed by atoms with E-state index in [1.165, 1.54) is 18.2 Å². The molecule has 1 heterocycles. The van der Waals surface area contributed by atoms with E-state index in [2.05, 4.69) is 11.6 Å². The minimum absolute atomic E-state index is 0. The number of hydrogen-bond donors (Lipinski definition) is 1.